The molecule has 0 atom stereocenters. The number of para-hydroxylation sites is 1. The van der Waals surface area contributed by atoms with Gasteiger partial charge in [0.1, 0.15) is 17.1 Å². The molecule has 35 heavy (non-hydrogen) atoms. The molecule has 7 nitrogen and oxygen atoms in total. The summed E-state index contributed by atoms with van der Waals surface area (Å²) in [7, 11) is -3.60. The fourth-order valence-electron chi connectivity index (χ4n) is 3.72. The van der Waals surface area contributed by atoms with Gasteiger partial charge in [-0.15, -0.1) is 0 Å². The number of carbonyl (C=O) groups is 1. The molecule has 0 bridgehead atoms. The Hall–Kier alpha value is -2.56. The highest BCUT2D eigenvalue weighted by Gasteiger charge is 2.23. The summed E-state index contributed by atoms with van der Waals surface area (Å²) in [6.45, 7) is 9.43. The molecule has 3 aromatic rings. The second-order valence-corrected chi connectivity index (χ2v) is 11.1. The minimum atomic E-state index is -3.60. The van der Waals surface area contributed by atoms with Crippen LogP contribution in [-0.2, 0) is 14.6 Å². The molecule has 1 amide bonds. The number of fused-ring (bicyclic) bond motifs is 1. The molecule has 10 heteroatoms. The zero-order chi connectivity index (χ0) is 25.4. The van der Waals surface area contributed by atoms with Crippen LogP contribution in [0.15, 0.2) is 47.4 Å². The number of anilines is 1. The molecule has 190 valence electrons. The van der Waals surface area contributed by atoms with Gasteiger partial charge in [-0.1, -0.05) is 31.3 Å². The summed E-state index contributed by atoms with van der Waals surface area (Å²) in [5, 5.41) is 0.575. The van der Waals surface area contributed by atoms with Crippen molar-refractivity contribution < 1.29 is 22.3 Å². The number of rotatable bonds is 13. The first-order chi connectivity index (χ1) is 16.8. The molecule has 2 aromatic carbocycles. The summed E-state index contributed by atoms with van der Waals surface area (Å²) in [4.78, 5) is 21.9. The third-order valence-corrected chi connectivity index (χ3v) is 8.57. The Kier molecular flexibility index (Phi) is 9.59. The third-order valence-electron chi connectivity index (χ3n) is 5.71. The normalized spacial score (nSPS) is 11.8. The zero-order valence-corrected chi connectivity index (χ0v) is 22.0. The molecule has 0 aliphatic rings. The highest BCUT2D eigenvalue weighted by molar-refractivity contribution is 7.91. The largest absolute Gasteiger partial charge is 0.492 e. The van der Waals surface area contributed by atoms with Gasteiger partial charge in [0, 0.05) is 19.5 Å². The van der Waals surface area contributed by atoms with E-state index < -0.39 is 15.7 Å². The highest BCUT2D eigenvalue weighted by Crippen LogP contribution is 2.34. The van der Waals surface area contributed by atoms with Crippen molar-refractivity contribution in [1.29, 1.82) is 0 Å². The van der Waals surface area contributed by atoms with Gasteiger partial charge in [0.25, 0.3) is 0 Å². The molecule has 0 N–H and O–H groups in total. The van der Waals surface area contributed by atoms with E-state index in [-0.39, 0.29) is 29.4 Å². The fraction of sp³-hybridized carbons (Fsp3) is 0.440. The predicted octanol–water partition coefficient (Wildman–Crippen LogP) is 4.76. The van der Waals surface area contributed by atoms with Crippen molar-refractivity contribution >= 4 is 42.4 Å². The molecule has 0 radical (unpaired) electrons. The predicted molar refractivity (Wildman–Crippen MR) is 139 cm³/mol. The smallest absolute Gasteiger partial charge is 0.228 e. The number of hydrogen-bond acceptors (Lipinski definition) is 7. The Balaban J connectivity index is 1.77. The summed E-state index contributed by atoms with van der Waals surface area (Å²) in [6, 6.07) is 10.4. The minimum Gasteiger partial charge on any atom is -0.492 e. The average Bonchev–Trinajstić information content (AvgIpc) is 3.27. The van der Waals surface area contributed by atoms with E-state index in [1.165, 1.54) is 23.5 Å². The van der Waals surface area contributed by atoms with Gasteiger partial charge in [-0.25, -0.2) is 17.8 Å². The van der Waals surface area contributed by atoms with Gasteiger partial charge in [0.15, 0.2) is 15.0 Å². The first kappa shape index (κ1) is 27.0. The van der Waals surface area contributed by atoms with Gasteiger partial charge in [-0.2, -0.15) is 0 Å². The van der Waals surface area contributed by atoms with Crippen LogP contribution in [-0.4, -0.2) is 62.7 Å². The van der Waals surface area contributed by atoms with E-state index in [1.54, 1.807) is 4.90 Å². The Labute approximate surface area is 210 Å². The lowest BCUT2D eigenvalue weighted by atomic mass is 10.3. The number of sulfone groups is 1. The van der Waals surface area contributed by atoms with Gasteiger partial charge in [-0.3, -0.25) is 9.69 Å². The Morgan fingerprint density at radius 2 is 1.77 bits per heavy atom. The summed E-state index contributed by atoms with van der Waals surface area (Å²) in [5.41, 5.74) is 0.717. The molecule has 0 unspecified atom stereocenters. The second kappa shape index (κ2) is 12.4. The van der Waals surface area contributed by atoms with Crippen molar-refractivity contribution in [2.45, 2.75) is 38.5 Å². The van der Waals surface area contributed by atoms with E-state index in [1.807, 2.05) is 25.1 Å². The lowest BCUT2D eigenvalue weighted by Gasteiger charge is -2.24. The van der Waals surface area contributed by atoms with Crippen LogP contribution in [0.1, 0.15) is 33.6 Å². The van der Waals surface area contributed by atoms with Crippen LogP contribution in [0.3, 0.4) is 0 Å². The Morgan fingerprint density at radius 1 is 1.06 bits per heavy atom. The number of amides is 1. The van der Waals surface area contributed by atoms with E-state index >= 15 is 0 Å². The fourth-order valence-corrected chi connectivity index (χ4v) is 6.05. The van der Waals surface area contributed by atoms with Gasteiger partial charge >= 0.3 is 0 Å². The van der Waals surface area contributed by atoms with Crippen LogP contribution in [0.5, 0.6) is 5.75 Å². The number of nitrogens with zero attached hydrogens (tertiary/aromatic N) is 3. The number of benzene rings is 2. The number of halogens is 1. The van der Waals surface area contributed by atoms with Crippen LogP contribution >= 0.6 is 11.3 Å². The van der Waals surface area contributed by atoms with E-state index in [4.69, 9.17) is 9.72 Å². The summed E-state index contributed by atoms with van der Waals surface area (Å²) in [5.74, 6) is -0.188. The number of aromatic nitrogens is 1. The molecule has 1 heterocycles. The summed E-state index contributed by atoms with van der Waals surface area (Å²) >= 11 is 1.42. The van der Waals surface area contributed by atoms with Crippen LogP contribution in [0, 0.1) is 5.82 Å². The maximum absolute atomic E-state index is 13.3. The molecule has 3 rings (SSSR count). The second-order valence-electron chi connectivity index (χ2n) is 7.98. The quantitative estimate of drug-likeness (QED) is 0.302. The lowest BCUT2D eigenvalue weighted by Crippen LogP contribution is -2.38. The molecule has 0 aliphatic carbocycles. The maximum atomic E-state index is 13.3. The van der Waals surface area contributed by atoms with Gasteiger partial charge in [0.05, 0.1) is 22.0 Å². The molecule has 0 fully saturated rings. The zero-order valence-electron chi connectivity index (χ0n) is 20.4. The van der Waals surface area contributed by atoms with E-state index in [2.05, 4.69) is 18.7 Å². The van der Waals surface area contributed by atoms with Crippen LogP contribution in [0.4, 0.5) is 9.52 Å². The van der Waals surface area contributed by atoms with Gasteiger partial charge in [0.2, 0.25) is 5.91 Å². The number of hydrogen-bond donors (Lipinski definition) is 0. The number of likely N-dealkylation sites (N-methyl/N-ethyl adjacent to an activating group) is 1. The number of ether oxygens (including phenoxy) is 1. The maximum Gasteiger partial charge on any atom is 0.228 e. The molecule has 1 aromatic heterocycles. The van der Waals surface area contributed by atoms with Crippen molar-refractivity contribution in [1.82, 2.24) is 9.88 Å². The van der Waals surface area contributed by atoms with Crippen molar-refractivity contribution in [3.63, 3.8) is 0 Å². The Morgan fingerprint density at radius 3 is 2.43 bits per heavy atom. The van der Waals surface area contributed by atoms with Gasteiger partial charge < -0.3 is 9.64 Å². The van der Waals surface area contributed by atoms with Gasteiger partial charge in [-0.05, 0) is 62.8 Å². The summed E-state index contributed by atoms with van der Waals surface area (Å²) in [6.07, 6.45) is 0.225. The molecule has 0 aliphatic heterocycles. The number of thiazole rings is 1. The monoisotopic (exact) mass is 521 g/mol. The minimum absolute atomic E-state index is 0.0550. The molecule has 0 saturated carbocycles. The molecule has 0 saturated heterocycles. The Bertz CT molecular complexity index is 1230. The molecular weight excluding hydrogens is 489 g/mol. The average molecular weight is 522 g/mol. The topological polar surface area (TPSA) is 79.8 Å². The van der Waals surface area contributed by atoms with Crippen LogP contribution in [0.25, 0.3) is 10.2 Å². The summed E-state index contributed by atoms with van der Waals surface area (Å²) < 4.78 is 45.0. The van der Waals surface area contributed by atoms with E-state index in [9.17, 15) is 17.6 Å². The van der Waals surface area contributed by atoms with E-state index in [0.29, 0.717) is 36.1 Å². The number of carbonyl (C=O) groups excluding carboxylic acids is 1. The van der Waals surface area contributed by atoms with Crippen molar-refractivity contribution in [3.8, 4) is 5.75 Å². The highest BCUT2D eigenvalue weighted by atomic mass is 32.2. The van der Waals surface area contributed by atoms with Crippen LogP contribution < -0.4 is 9.64 Å². The first-order valence-electron chi connectivity index (χ1n) is 11.8. The SMILES string of the molecule is CCOc1cccc2sc(N(CCN(CC)CC)C(=O)CCCS(=O)(=O)c3ccc(F)cc3)nc12. The van der Waals surface area contributed by atoms with Crippen LogP contribution in [0.2, 0.25) is 0 Å². The van der Waals surface area contributed by atoms with Crippen molar-refractivity contribution in [3.05, 3.63) is 48.3 Å². The standard InChI is InChI=1S/C25H32FN3O4S2/c1-4-28(5-2)16-17-29(25-27-24-21(33-6-3)9-7-10-22(24)34-25)23(30)11-8-18-35(31,32)20-14-12-19(26)13-15-20/h7,9-10,12-15H,4-6,8,11,16-18H2,1-3H3. The van der Waals surface area contributed by atoms with Crippen molar-refractivity contribution in [2.24, 2.45) is 0 Å². The first-order valence-corrected chi connectivity index (χ1v) is 14.3. The van der Waals surface area contributed by atoms with Crippen molar-refractivity contribution in [2.75, 3.05) is 43.4 Å². The molecular formula is C25H32FN3O4S2. The third kappa shape index (κ3) is 6.99. The lowest BCUT2D eigenvalue weighted by molar-refractivity contribution is -0.118. The van der Waals surface area contributed by atoms with E-state index in [0.717, 1.165) is 29.9 Å². The molecule has 0 spiro atoms.